The van der Waals surface area contributed by atoms with Crippen LogP contribution in [0.4, 0.5) is 5.82 Å². The van der Waals surface area contributed by atoms with Crippen LogP contribution in [0.25, 0.3) is 11.0 Å². The summed E-state index contributed by atoms with van der Waals surface area (Å²) >= 11 is 5.55. The van der Waals surface area contributed by atoms with E-state index in [1.807, 2.05) is 24.3 Å². The van der Waals surface area contributed by atoms with Crippen molar-refractivity contribution < 1.29 is 4.52 Å². The maximum absolute atomic E-state index is 5.55. The van der Waals surface area contributed by atoms with Gasteiger partial charge in [0.25, 0.3) is 0 Å². The minimum absolute atomic E-state index is 0.557. The second kappa shape index (κ2) is 3.66. The van der Waals surface area contributed by atoms with Crippen LogP contribution in [0.3, 0.4) is 0 Å². The van der Waals surface area contributed by atoms with Crippen molar-refractivity contribution in [2.24, 2.45) is 0 Å². The van der Waals surface area contributed by atoms with Crippen molar-refractivity contribution >= 4 is 28.4 Å². The van der Waals surface area contributed by atoms with E-state index in [0.717, 1.165) is 16.8 Å². The Hall–Kier alpha value is -1.22. The SMILES string of the molecule is ClCCNc1noc2ccccc12. The maximum Gasteiger partial charge on any atom is 0.177 e. The molecule has 0 radical (unpaired) electrons. The van der Waals surface area contributed by atoms with Gasteiger partial charge in [-0.1, -0.05) is 17.3 Å². The standard InChI is InChI=1S/C9H9ClN2O/c10-5-6-11-9-7-3-1-2-4-8(7)13-12-9/h1-4H,5-6H2,(H,11,12). The molecule has 1 aromatic carbocycles. The van der Waals surface area contributed by atoms with E-state index >= 15 is 0 Å². The quantitative estimate of drug-likeness (QED) is 0.767. The molecule has 0 aliphatic heterocycles. The molecule has 1 heterocycles. The van der Waals surface area contributed by atoms with Crippen LogP contribution in [0.15, 0.2) is 28.8 Å². The molecule has 1 N–H and O–H groups in total. The van der Waals surface area contributed by atoms with Crippen LogP contribution in [0.5, 0.6) is 0 Å². The van der Waals surface area contributed by atoms with E-state index in [-0.39, 0.29) is 0 Å². The van der Waals surface area contributed by atoms with Crippen molar-refractivity contribution in [2.75, 3.05) is 17.7 Å². The highest BCUT2D eigenvalue weighted by Crippen LogP contribution is 2.21. The van der Waals surface area contributed by atoms with Crippen molar-refractivity contribution in [1.29, 1.82) is 0 Å². The highest BCUT2D eigenvalue weighted by molar-refractivity contribution is 6.18. The van der Waals surface area contributed by atoms with Crippen molar-refractivity contribution in [3.8, 4) is 0 Å². The maximum atomic E-state index is 5.55. The highest BCUT2D eigenvalue weighted by Gasteiger charge is 2.04. The molecule has 0 fully saturated rings. The summed E-state index contributed by atoms with van der Waals surface area (Å²) in [5.74, 6) is 1.32. The summed E-state index contributed by atoms with van der Waals surface area (Å²) in [4.78, 5) is 0. The molecule has 2 rings (SSSR count). The Morgan fingerprint density at radius 3 is 3.08 bits per heavy atom. The van der Waals surface area contributed by atoms with E-state index in [4.69, 9.17) is 16.1 Å². The average Bonchev–Trinajstić information content (AvgIpc) is 2.58. The third-order valence-electron chi connectivity index (χ3n) is 1.76. The van der Waals surface area contributed by atoms with E-state index in [0.29, 0.717) is 12.4 Å². The van der Waals surface area contributed by atoms with E-state index in [1.54, 1.807) is 0 Å². The lowest BCUT2D eigenvalue weighted by molar-refractivity contribution is 0.459. The average molecular weight is 197 g/mol. The fourth-order valence-electron chi connectivity index (χ4n) is 1.18. The van der Waals surface area contributed by atoms with Crippen LogP contribution in [0.1, 0.15) is 0 Å². The molecule has 0 spiro atoms. The smallest absolute Gasteiger partial charge is 0.177 e. The molecule has 2 aromatic rings. The monoisotopic (exact) mass is 196 g/mol. The molecule has 0 atom stereocenters. The number of para-hydroxylation sites is 1. The first-order chi connectivity index (χ1) is 6.42. The van der Waals surface area contributed by atoms with Crippen molar-refractivity contribution in [2.45, 2.75) is 0 Å². The lowest BCUT2D eigenvalue weighted by atomic mass is 10.2. The number of anilines is 1. The predicted octanol–water partition coefficient (Wildman–Crippen LogP) is 2.48. The van der Waals surface area contributed by atoms with E-state index in [9.17, 15) is 0 Å². The van der Waals surface area contributed by atoms with Crippen molar-refractivity contribution in [1.82, 2.24) is 5.16 Å². The topological polar surface area (TPSA) is 38.1 Å². The predicted molar refractivity (Wildman–Crippen MR) is 53.2 cm³/mol. The molecule has 0 saturated carbocycles. The van der Waals surface area contributed by atoms with Gasteiger partial charge in [0, 0.05) is 12.4 Å². The Bertz CT molecular complexity index is 399. The van der Waals surface area contributed by atoms with Gasteiger partial charge in [-0.15, -0.1) is 11.6 Å². The molecule has 0 bridgehead atoms. The first kappa shape index (κ1) is 8.38. The molecule has 0 aliphatic carbocycles. The molecule has 0 aliphatic rings. The number of nitrogens with zero attached hydrogens (tertiary/aromatic N) is 1. The van der Waals surface area contributed by atoms with Crippen LogP contribution in [-0.4, -0.2) is 17.6 Å². The van der Waals surface area contributed by atoms with Gasteiger partial charge in [0.15, 0.2) is 11.4 Å². The second-order valence-electron chi connectivity index (χ2n) is 2.64. The summed E-state index contributed by atoms with van der Waals surface area (Å²) in [7, 11) is 0. The van der Waals surface area contributed by atoms with Crippen LogP contribution < -0.4 is 5.32 Å². The van der Waals surface area contributed by atoms with Crippen LogP contribution >= 0.6 is 11.6 Å². The lowest BCUT2D eigenvalue weighted by Crippen LogP contribution is -2.02. The van der Waals surface area contributed by atoms with Gasteiger partial charge in [0.1, 0.15) is 0 Å². The van der Waals surface area contributed by atoms with Crippen LogP contribution in [0.2, 0.25) is 0 Å². The van der Waals surface area contributed by atoms with E-state index in [1.165, 1.54) is 0 Å². The Balaban J connectivity index is 2.35. The van der Waals surface area contributed by atoms with Crippen LogP contribution in [-0.2, 0) is 0 Å². The zero-order valence-electron chi connectivity index (χ0n) is 6.96. The first-order valence-electron chi connectivity index (χ1n) is 4.06. The van der Waals surface area contributed by atoms with Gasteiger partial charge in [0.05, 0.1) is 5.39 Å². The summed E-state index contributed by atoms with van der Waals surface area (Å²) < 4.78 is 5.09. The lowest BCUT2D eigenvalue weighted by Gasteiger charge is -1.96. The number of benzene rings is 1. The van der Waals surface area contributed by atoms with E-state index < -0.39 is 0 Å². The summed E-state index contributed by atoms with van der Waals surface area (Å²) in [6, 6.07) is 7.71. The van der Waals surface area contributed by atoms with Gasteiger partial charge in [-0.25, -0.2) is 0 Å². The number of rotatable bonds is 3. The largest absolute Gasteiger partial charge is 0.366 e. The fourth-order valence-corrected chi connectivity index (χ4v) is 1.27. The number of alkyl halides is 1. The van der Waals surface area contributed by atoms with E-state index in [2.05, 4.69) is 10.5 Å². The van der Waals surface area contributed by atoms with Gasteiger partial charge < -0.3 is 9.84 Å². The second-order valence-corrected chi connectivity index (χ2v) is 3.02. The number of aromatic nitrogens is 1. The molecule has 0 unspecified atom stereocenters. The molecule has 3 nitrogen and oxygen atoms in total. The number of nitrogens with one attached hydrogen (secondary N) is 1. The third-order valence-corrected chi connectivity index (χ3v) is 1.95. The zero-order valence-corrected chi connectivity index (χ0v) is 7.71. The van der Waals surface area contributed by atoms with Gasteiger partial charge in [-0.2, -0.15) is 0 Å². The molecular weight excluding hydrogens is 188 g/mol. The molecule has 4 heteroatoms. The van der Waals surface area contributed by atoms with Gasteiger partial charge in [-0.3, -0.25) is 0 Å². The van der Waals surface area contributed by atoms with Crippen LogP contribution in [0, 0.1) is 0 Å². The fraction of sp³-hybridized carbons (Fsp3) is 0.222. The minimum Gasteiger partial charge on any atom is -0.366 e. The number of fused-ring (bicyclic) bond motifs is 1. The van der Waals surface area contributed by atoms with Gasteiger partial charge in [0.2, 0.25) is 0 Å². The summed E-state index contributed by atoms with van der Waals surface area (Å²) in [5, 5.41) is 7.96. The molecular formula is C9H9ClN2O. The number of halogens is 1. The zero-order chi connectivity index (χ0) is 9.10. The summed E-state index contributed by atoms with van der Waals surface area (Å²) in [6.07, 6.45) is 0. The number of hydrogen-bond acceptors (Lipinski definition) is 3. The Morgan fingerprint density at radius 2 is 2.23 bits per heavy atom. The Kier molecular flexibility index (Phi) is 2.36. The van der Waals surface area contributed by atoms with Crippen molar-refractivity contribution in [3.63, 3.8) is 0 Å². The molecule has 13 heavy (non-hydrogen) atoms. The summed E-state index contributed by atoms with van der Waals surface area (Å²) in [5.41, 5.74) is 0.791. The molecule has 68 valence electrons. The molecule has 1 aromatic heterocycles. The highest BCUT2D eigenvalue weighted by atomic mass is 35.5. The Labute approximate surface area is 80.7 Å². The number of hydrogen-bond donors (Lipinski definition) is 1. The molecule has 0 amide bonds. The third kappa shape index (κ3) is 1.60. The minimum atomic E-state index is 0.557. The van der Waals surface area contributed by atoms with Gasteiger partial charge >= 0.3 is 0 Å². The molecule has 0 saturated heterocycles. The Morgan fingerprint density at radius 1 is 1.38 bits per heavy atom. The van der Waals surface area contributed by atoms with Crippen molar-refractivity contribution in [3.05, 3.63) is 24.3 Å². The normalized spacial score (nSPS) is 10.5. The first-order valence-corrected chi connectivity index (χ1v) is 4.59. The summed E-state index contributed by atoms with van der Waals surface area (Å²) in [6.45, 7) is 0.693. The van der Waals surface area contributed by atoms with Gasteiger partial charge in [-0.05, 0) is 12.1 Å².